The van der Waals surface area contributed by atoms with E-state index >= 15 is 0 Å². The quantitative estimate of drug-likeness (QED) is 0.691. The fraction of sp³-hybridized carbons (Fsp3) is 0.429. The summed E-state index contributed by atoms with van der Waals surface area (Å²) in [5, 5.41) is 0. The second kappa shape index (κ2) is 9.94. The van der Waals surface area contributed by atoms with Crippen LogP contribution in [0.3, 0.4) is 0 Å². The summed E-state index contributed by atoms with van der Waals surface area (Å²) in [6, 6.07) is 13.4. The predicted molar refractivity (Wildman–Crippen MR) is 109 cm³/mol. The van der Waals surface area contributed by atoms with Gasteiger partial charge in [0.15, 0.2) is 0 Å². The van der Waals surface area contributed by atoms with Crippen LogP contribution in [0.2, 0.25) is 0 Å². The van der Waals surface area contributed by atoms with E-state index in [-0.39, 0.29) is 5.91 Å². The van der Waals surface area contributed by atoms with Crippen molar-refractivity contribution in [3.63, 3.8) is 0 Å². The highest BCUT2D eigenvalue weighted by Crippen LogP contribution is 2.17. The Morgan fingerprint density at radius 1 is 1.07 bits per heavy atom. The molecule has 0 aliphatic carbocycles. The zero-order chi connectivity index (χ0) is 19.8. The fourth-order valence-electron chi connectivity index (χ4n) is 3.08. The maximum Gasteiger partial charge on any atom is 0.236 e. The van der Waals surface area contributed by atoms with E-state index in [0.717, 1.165) is 43.5 Å². The van der Waals surface area contributed by atoms with Gasteiger partial charge in [-0.25, -0.2) is 4.98 Å². The summed E-state index contributed by atoms with van der Waals surface area (Å²) in [4.78, 5) is 23.1. The lowest BCUT2D eigenvalue weighted by molar-refractivity contribution is -0.131. The summed E-state index contributed by atoms with van der Waals surface area (Å²) < 4.78 is 10.8. The van der Waals surface area contributed by atoms with Crippen molar-refractivity contribution in [2.75, 3.05) is 64.9 Å². The largest absolute Gasteiger partial charge is 0.497 e. The summed E-state index contributed by atoms with van der Waals surface area (Å²) in [6.45, 7) is 4.94. The third-order valence-corrected chi connectivity index (χ3v) is 4.89. The molecular weight excluding hydrogens is 356 g/mol. The topological polar surface area (TPSA) is 58.1 Å². The third kappa shape index (κ3) is 5.60. The van der Waals surface area contributed by atoms with E-state index in [1.165, 1.54) is 0 Å². The normalized spacial score (nSPS) is 14.6. The minimum Gasteiger partial charge on any atom is -0.497 e. The van der Waals surface area contributed by atoms with E-state index < -0.39 is 0 Å². The van der Waals surface area contributed by atoms with Gasteiger partial charge in [-0.2, -0.15) is 0 Å². The molecule has 0 bridgehead atoms. The predicted octanol–water partition coefficient (Wildman–Crippen LogP) is 1.75. The maximum atomic E-state index is 12.5. The maximum absolute atomic E-state index is 12.5. The van der Waals surface area contributed by atoms with Gasteiger partial charge in [0.25, 0.3) is 0 Å². The van der Waals surface area contributed by atoms with Gasteiger partial charge in [0.2, 0.25) is 5.91 Å². The molecule has 1 aliphatic rings. The van der Waals surface area contributed by atoms with Crippen molar-refractivity contribution < 1.29 is 14.3 Å². The highest BCUT2D eigenvalue weighted by molar-refractivity contribution is 5.78. The van der Waals surface area contributed by atoms with E-state index in [1.54, 1.807) is 12.0 Å². The van der Waals surface area contributed by atoms with E-state index in [1.807, 2.05) is 55.7 Å². The molecule has 2 aromatic rings. The summed E-state index contributed by atoms with van der Waals surface area (Å²) in [5.41, 5.74) is 0. The Morgan fingerprint density at radius 3 is 2.43 bits per heavy atom. The van der Waals surface area contributed by atoms with Crippen LogP contribution in [0.5, 0.6) is 11.5 Å². The molecular formula is C21H28N4O3. The second-order valence-electron chi connectivity index (χ2n) is 6.79. The molecule has 3 rings (SSSR count). The zero-order valence-electron chi connectivity index (χ0n) is 16.6. The molecule has 0 unspecified atom stereocenters. The summed E-state index contributed by atoms with van der Waals surface area (Å²) >= 11 is 0. The monoisotopic (exact) mass is 384 g/mol. The minimum atomic E-state index is 0.115. The Hall–Kier alpha value is -2.80. The highest BCUT2D eigenvalue weighted by Gasteiger charge is 2.21. The molecule has 1 aromatic heterocycles. The first kappa shape index (κ1) is 19.9. The molecule has 1 aromatic carbocycles. The lowest BCUT2D eigenvalue weighted by Crippen LogP contribution is -2.50. The molecule has 0 spiro atoms. The van der Waals surface area contributed by atoms with Gasteiger partial charge in [-0.1, -0.05) is 6.07 Å². The Labute approximate surface area is 166 Å². The number of likely N-dealkylation sites (N-methyl/N-ethyl adjacent to an activating group) is 1. The van der Waals surface area contributed by atoms with Crippen molar-refractivity contribution in [1.29, 1.82) is 0 Å². The van der Waals surface area contributed by atoms with Crippen molar-refractivity contribution in [3.05, 3.63) is 48.7 Å². The van der Waals surface area contributed by atoms with Crippen molar-refractivity contribution >= 4 is 11.7 Å². The number of benzene rings is 1. The van der Waals surface area contributed by atoms with E-state index in [0.29, 0.717) is 19.7 Å². The Kier molecular flexibility index (Phi) is 7.08. The molecule has 150 valence electrons. The smallest absolute Gasteiger partial charge is 0.236 e. The zero-order valence-corrected chi connectivity index (χ0v) is 16.6. The molecule has 0 N–H and O–H groups in total. The summed E-state index contributed by atoms with van der Waals surface area (Å²) in [6.07, 6.45) is 1.81. The third-order valence-electron chi connectivity index (χ3n) is 4.89. The number of pyridine rings is 1. The van der Waals surface area contributed by atoms with Crippen molar-refractivity contribution in [1.82, 2.24) is 14.8 Å². The van der Waals surface area contributed by atoms with Crippen LogP contribution < -0.4 is 14.4 Å². The number of methoxy groups -OCH3 is 1. The van der Waals surface area contributed by atoms with Crippen LogP contribution >= 0.6 is 0 Å². The Morgan fingerprint density at radius 2 is 1.79 bits per heavy atom. The molecule has 0 radical (unpaired) electrons. The Balaban J connectivity index is 1.36. The molecule has 1 aliphatic heterocycles. The number of rotatable bonds is 8. The highest BCUT2D eigenvalue weighted by atomic mass is 16.5. The van der Waals surface area contributed by atoms with Crippen LogP contribution in [0.25, 0.3) is 0 Å². The van der Waals surface area contributed by atoms with Crippen LogP contribution in [0.4, 0.5) is 5.82 Å². The van der Waals surface area contributed by atoms with Gasteiger partial charge < -0.3 is 19.3 Å². The van der Waals surface area contributed by atoms with Gasteiger partial charge >= 0.3 is 0 Å². The van der Waals surface area contributed by atoms with Gasteiger partial charge in [-0.15, -0.1) is 0 Å². The average Bonchev–Trinajstić information content (AvgIpc) is 2.75. The molecule has 0 saturated carbocycles. The molecule has 7 nitrogen and oxygen atoms in total. The van der Waals surface area contributed by atoms with Crippen LogP contribution in [0, 0.1) is 0 Å². The molecule has 1 saturated heterocycles. The van der Waals surface area contributed by atoms with E-state index in [2.05, 4.69) is 14.8 Å². The number of ether oxygens (including phenoxy) is 2. The van der Waals surface area contributed by atoms with Gasteiger partial charge in [-0.05, 0) is 36.4 Å². The number of hydrogen-bond donors (Lipinski definition) is 0. The number of carbonyl (C=O) groups excluding carboxylic acids is 1. The van der Waals surface area contributed by atoms with Gasteiger partial charge in [0.1, 0.15) is 23.9 Å². The number of nitrogens with zero attached hydrogens (tertiary/aromatic N) is 4. The molecule has 2 heterocycles. The molecule has 1 amide bonds. The number of anilines is 1. The molecule has 7 heteroatoms. The number of hydrogen-bond acceptors (Lipinski definition) is 6. The van der Waals surface area contributed by atoms with Crippen molar-refractivity contribution in [2.45, 2.75) is 0 Å². The number of amides is 1. The molecule has 0 atom stereocenters. The number of aromatic nitrogens is 1. The lowest BCUT2D eigenvalue weighted by Gasteiger charge is -2.35. The van der Waals surface area contributed by atoms with Crippen LogP contribution in [0.15, 0.2) is 48.7 Å². The first-order chi connectivity index (χ1) is 13.7. The second-order valence-corrected chi connectivity index (χ2v) is 6.79. The first-order valence-corrected chi connectivity index (χ1v) is 9.55. The lowest BCUT2D eigenvalue weighted by atomic mass is 10.3. The minimum absolute atomic E-state index is 0.115. The molecule has 28 heavy (non-hydrogen) atoms. The number of piperazine rings is 1. The van der Waals surface area contributed by atoms with E-state index in [9.17, 15) is 4.79 Å². The first-order valence-electron chi connectivity index (χ1n) is 9.55. The van der Waals surface area contributed by atoms with Crippen molar-refractivity contribution in [2.24, 2.45) is 0 Å². The van der Waals surface area contributed by atoms with Crippen LogP contribution in [-0.2, 0) is 4.79 Å². The summed E-state index contributed by atoms with van der Waals surface area (Å²) in [5.74, 6) is 2.68. The van der Waals surface area contributed by atoms with Gasteiger partial charge in [0, 0.05) is 39.4 Å². The van der Waals surface area contributed by atoms with Crippen LogP contribution in [0.1, 0.15) is 0 Å². The molecule has 1 fully saturated rings. The van der Waals surface area contributed by atoms with Crippen LogP contribution in [-0.4, -0.2) is 80.7 Å². The standard InChI is InChI=1S/C21H28N4O3/c1-23(15-16-28-19-8-6-18(27-2)7-9-19)21(26)17-24-11-13-25(14-12-24)20-5-3-4-10-22-20/h3-10H,11-17H2,1-2H3. The average molecular weight is 384 g/mol. The SMILES string of the molecule is COc1ccc(OCCN(C)C(=O)CN2CCN(c3ccccn3)CC2)cc1. The number of carbonyl (C=O) groups is 1. The van der Waals surface area contributed by atoms with Crippen molar-refractivity contribution in [3.8, 4) is 11.5 Å². The van der Waals surface area contributed by atoms with E-state index in [4.69, 9.17) is 9.47 Å². The van der Waals surface area contributed by atoms with Gasteiger partial charge in [-0.3, -0.25) is 9.69 Å². The fourth-order valence-corrected chi connectivity index (χ4v) is 3.08. The van der Waals surface area contributed by atoms with Gasteiger partial charge in [0.05, 0.1) is 20.2 Å². The summed E-state index contributed by atoms with van der Waals surface area (Å²) in [7, 11) is 3.46. The Bertz CT molecular complexity index is 731.